The van der Waals surface area contributed by atoms with Gasteiger partial charge in [0.25, 0.3) is 0 Å². The minimum Gasteiger partial charge on any atom is -0.508 e. The van der Waals surface area contributed by atoms with Crippen LogP contribution in [0.15, 0.2) is 48.5 Å². The Labute approximate surface area is 116 Å². The maximum absolute atomic E-state index is 12.0. The van der Waals surface area contributed by atoms with E-state index >= 15 is 0 Å². The first-order valence-electron chi connectivity index (χ1n) is 5.98. The molecule has 102 valence electrons. The maximum atomic E-state index is 12.0. The van der Waals surface area contributed by atoms with Crippen molar-refractivity contribution in [2.45, 2.75) is 0 Å². The first-order valence-corrected chi connectivity index (χ1v) is 5.98. The molecule has 0 aliphatic heterocycles. The zero-order valence-electron chi connectivity index (χ0n) is 10.9. The second-order valence-corrected chi connectivity index (χ2v) is 4.18. The van der Waals surface area contributed by atoms with E-state index in [-0.39, 0.29) is 22.8 Å². The van der Waals surface area contributed by atoms with Crippen molar-refractivity contribution >= 4 is 11.9 Å². The summed E-state index contributed by atoms with van der Waals surface area (Å²) in [5, 5.41) is 18.9. The van der Waals surface area contributed by atoms with E-state index in [2.05, 4.69) is 0 Å². The summed E-state index contributed by atoms with van der Waals surface area (Å²) >= 11 is 0. The highest BCUT2D eigenvalue weighted by atomic mass is 16.5. The molecule has 2 aromatic carbocycles. The van der Waals surface area contributed by atoms with Crippen molar-refractivity contribution in [2.24, 2.45) is 0 Å². The van der Waals surface area contributed by atoms with Gasteiger partial charge in [-0.3, -0.25) is 4.79 Å². The lowest BCUT2D eigenvalue weighted by Crippen LogP contribution is -1.94. The van der Waals surface area contributed by atoms with Gasteiger partial charge in [0.1, 0.15) is 17.2 Å². The van der Waals surface area contributed by atoms with Crippen molar-refractivity contribution in [1.82, 2.24) is 0 Å². The molecular weight excluding hydrogens is 256 g/mol. The lowest BCUT2D eigenvalue weighted by atomic mass is 10.1. The number of allylic oxidation sites excluding steroid dienone is 1. The third-order valence-electron chi connectivity index (χ3n) is 2.77. The number of benzene rings is 2. The number of phenolic OH excluding ortho intramolecular Hbond substituents is 2. The molecule has 2 aromatic rings. The molecule has 0 fully saturated rings. The van der Waals surface area contributed by atoms with E-state index in [9.17, 15) is 15.0 Å². The van der Waals surface area contributed by atoms with Gasteiger partial charge in [0.05, 0.1) is 12.7 Å². The molecule has 0 heterocycles. The maximum Gasteiger partial charge on any atom is 0.189 e. The Bertz CT molecular complexity index is 659. The number of rotatable bonds is 4. The summed E-state index contributed by atoms with van der Waals surface area (Å²) in [7, 11) is 1.57. The van der Waals surface area contributed by atoms with Crippen molar-refractivity contribution in [1.29, 1.82) is 0 Å². The van der Waals surface area contributed by atoms with Gasteiger partial charge in [-0.2, -0.15) is 0 Å². The Morgan fingerprint density at radius 2 is 1.95 bits per heavy atom. The standard InChI is InChI=1S/C16H14O4/c1-20-13-4-2-3-11(9-13)5-7-15(18)14-10-12(17)6-8-16(14)19/h2-10,17,19H,1H3/b7-5+. The molecule has 4 heteroatoms. The molecule has 2 rings (SSSR count). The molecule has 0 bridgehead atoms. The van der Waals surface area contributed by atoms with Crippen LogP contribution in [-0.4, -0.2) is 23.1 Å². The summed E-state index contributed by atoms with van der Waals surface area (Å²) in [6, 6.07) is 11.1. The highest BCUT2D eigenvalue weighted by Crippen LogP contribution is 2.23. The molecule has 0 spiro atoms. The van der Waals surface area contributed by atoms with Crippen LogP contribution in [0, 0.1) is 0 Å². The van der Waals surface area contributed by atoms with Crippen LogP contribution in [0.2, 0.25) is 0 Å². The van der Waals surface area contributed by atoms with E-state index < -0.39 is 0 Å². The number of carbonyl (C=O) groups is 1. The molecule has 0 amide bonds. The van der Waals surface area contributed by atoms with Crippen molar-refractivity contribution in [2.75, 3.05) is 7.11 Å². The van der Waals surface area contributed by atoms with Crippen LogP contribution in [0.3, 0.4) is 0 Å². The van der Waals surface area contributed by atoms with E-state index in [4.69, 9.17) is 4.74 Å². The van der Waals surface area contributed by atoms with Crippen LogP contribution >= 0.6 is 0 Å². The molecule has 0 saturated carbocycles. The second-order valence-electron chi connectivity index (χ2n) is 4.18. The van der Waals surface area contributed by atoms with Gasteiger partial charge in [0.2, 0.25) is 0 Å². The van der Waals surface area contributed by atoms with Crippen LogP contribution in [0.25, 0.3) is 6.08 Å². The number of phenols is 2. The Balaban J connectivity index is 2.22. The van der Waals surface area contributed by atoms with Gasteiger partial charge < -0.3 is 14.9 Å². The monoisotopic (exact) mass is 270 g/mol. The number of hydrogen-bond donors (Lipinski definition) is 2. The van der Waals surface area contributed by atoms with Crippen molar-refractivity contribution in [3.63, 3.8) is 0 Å². The fourth-order valence-corrected chi connectivity index (χ4v) is 1.73. The van der Waals surface area contributed by atoms with Crippen LogP contribution < -0.4 is 4.74 Å². The van der Waals surface area contributed by atoms with Gasteiger partial charge in [-0.1, -0.05) is 18.2 Å². The second kappa shape index (κ2) is 5.93. The molecule has 0 unspecified atom stereocenters. The van der Waals surface area contributed by atoms with Crippen molar-refractivity contribution in [3.05, 3.63) is 59.7 Å². The van der Waals surface area contributed by atoms with E-state index in [1.54, 1.807) is 25.3 Å². The van der Waals surface area contributed by atoms with Gasteiger partial charge in [0.15, 0.2) is 5.78 Å². The molecule has 4 nitrogen and oxygen atoms in total. The molecule has 0 atom stereocenters. The number of methoxy groups -OCH3 is 1. The highest BCUT2D eigenvalue weighted by molar-refractivity contribution is 6.08. The van der Waals surface area contributed by atoms with Crippen LogP contribution in [-0.2, 0) is 0 Å². The minimum absolute atomic E-state index is 0.0594. The summed E-state index contributed by atoms with van der Waals surface area (Å²) in [5.41, 5.74) is 0.862. The van der Waals surface area contributed by atoms with Gasteiger partial charge >= 0.3 is 0 Å². The van der Waals surface area contributed by atoms with Gasteiger partial charge in [-0.25, -0.2) is 0 Å². The fourth-order valence-electron chi connectivity index (χ4n) is 1.73. The molecule has 20 heavy (non-hydrogen) atoms. The zero-order chi connectivity index (χ0) is 14.5. The first kappa shape index (κ1) is 13.7. The summed E-state index contributed by atoms with van der Waals surface area (Å²) in [4.78, 5) is 12.0. The summed E-state index contributed by atoms with van der Waals surface area (Å²) in [5.74, 6) is 0.0741. The highest BCUT2D eigenvalue weighted by Gasteiger charge is 2.08. The zero-order valence-corrected chi connectivity index (χ0v) is 10.9. The molecular formula is C16H14O4. The molecule has 2 N–H and O–H groups in total. The van der Waals surface area contributed by atoms with E-state index in [0.29, 0.717) is 5.75 Å². The number of carbonyl (C=O) groups excluding carboxylic acids is 1. The Hall–Kier alpha value is -2.75. The molecule has 0 radical (unpaired) electrons. The third kappa shape index (κ3) is 3.17. The largest absolute Gasteiger partial charge is 0.508 e. The lowest BCUT2D eigenvalue weighted by Gasteiger charge is -2.02. The Kier molecular flexibility index (Phi) is 4.05. The minimum atomic E-state index is -0.388. The number of ketones is 1. The van der Waals surface area contributed by atoms with Crippen molar-refractivity contribution in [3.8, 4) is 17.2 Å². The average molecular weight is 270 g/mol. The summed E-state index contributed by atoms with van der Waals surface area (Å²) in [6.45, 7) is 0. The van der Waals surface area contributed by atoms with Gasteiger partial charge in [-0.05, 0) is 42.0 Å². The van der Waals surface area contributed by atoms with Gasteiger partial charge in [0, 0.05) is 0 Å². The number of hydrogen-bond acceptors (Lipinski definition) is 4. The quantitative estimate of drug-likeness (QED) is 0.509. The van der Waals surface area contributed by atoms with E-state index in [0.717, 1.165) is 5.56 Å². The number of aromatic hydroxyl groups is 2. The molecule has 0 aromatic heterocycles. The Morgan fingerprint density at radius 3 is 2.70 bits per heavy atom. The topological polar surface area (TPSA) is 66.8 Å². The third-order valence-corrected chi connectivity index (χ3v) is 2.77. The van der Waals surface area contributed by atoms with Gasteiger partial charge in [-0.15, -0.1) is 0 Å². The summed E-state index contributed by atoms with van der Waals surface area (Å²) < 4.78 is 5.09. The molecule has 0 aliphatic carbocycles. The van der Waals surface area contributed by atoms with Crippen molar-refractivity contribution < 1.29 is 19.7 Å². The van der Waals surface area contributed by atoms with Crippen LogP contribution in [0.1, 0.15) is 15.9 Å². The number of ether oxygens (including phenoxy) is 1. The van der Waals surface area contributed by atoms with E-state index in [1.165, 1.54) is 24.3 Å². The first-order chi connectivity index (χ1) is 9.60. The smallest absolute Gasteiger partial charge is 0.189 e. The molecule has 0 saturated heterocycles. The predicted molar refractivity (Wildman–Crippen MR) is 76.1 cm³/mol. The van der Waals surface area contributed by atoms with Crippen LogP contribution in [0.5, 0.6) is 17.2 Å². The van der Waals surface area contributed by atoms with E-state index in [1.807, 2.05) is 12.1 Å². The average Bonchev–Trinajstić information content (AvgIpc) is 2.47. The predicted octanol–water partition coefficient (Wildman–Crippen LogP) is 3.00. The normalized spacial score (nSPS) is 10.7. The lowest BCUT2D eigenvalue weighted by molar-refractivity contribution is 0.104. The summed E-state index contributed by atoms with van der Waals surface area (Å²) in [6.07, 6.45) is 2.96. The fraction of sp³-hybridized carbons (Fsp3) is 0.0625. The van der Waals surface area contributed by atoms with Crippen LogP contribution in [0.4, 0.5) is 0 Å². The molecule has 0 aliphatic rings. The SMILES string of the molecule is COc1cccc(/C=C/C(=O)c2cc(O)ccc2O)c1. The Morgan fingerprint density at radius 1 is 1.15 bits per heavy atom.